The van der Waals surface area contributed by atoms with Gasteiger partial charge in [-0.15, -0.1) is 0 Å². The number of carbonyl (C=O) groups is 1. The number of amides is 1. The molecule has 1 unspecified atom stereocenters. The largest absolute Gasteiger partial charge is 0.380 e. The van der Waals surface area contributed by atoms with E-state index in [1.807, 2.05) is 17.8 Å². The van der Waals surface area contributed by atoms with E-state index in [4.69, 9.17) is 11.6 Å². The molecule has 3 nitrogen and oxygen atoms in total. The lowest BCUT2D eigenvalue weighted by Crippen LogP contribution is -2.26. The summed E-state index contributed by atoms with van der Waals surface area (Å²) in [5.41, 5.74) is 1.48. The van der Waals surface area contributed by atoms with Gasteiger partial charge >= 0.3 is 0 Å². The molecule has 1 aliphatic heterocycles. The Balaban J connectivity index is 2.12. The summed E-state index contributed by atoms with van der Waals surface area (Å²) in [5, 5.41) is 6.72. The summed E-state index contributed by atoms with van der Waals surface area (Å²) in [6.07, 6.45) is 2.39. The SMILES string of the molecule is CNC(=O)c1ccc(Cl)c(NC2CCCSC2)c1. The van der Waals surface area contributed by atoms with Gasteiger partial charge in [0.15, 0.2) is 0 Å². The molecule has 2 rings (SSSR count). The fourth-order valence-corrected chi connectivity index (χ4v) is 3.24. The monoisotopic (exact) mass is 284 g/mol. The molecule has 1 atom stereocenters. The number of halogens is 1. The number of carbonyl (C=O) groups excluding carboxylic acids is 1. The third-order valence-electron chi connectivity index (χ3n) is 2.98. The van der Waals surface area contributed by atoms with Gasteiger partial charge in [-0.2, -0.15) is 11.8 Å². The average Bonchev–Trinajstić information content (AvgIpc) is 2.41. The smallest absolute Gasteiger partial charge is 0.251 e. The van der Waals surface area contributed by atoms with Crippen LogP contribution in [0.3, 0.4) is 0 Å². The number of benzene rings is 1. The van der Waals surface area contributed by atoms with Gasteiger partial charge in [0, 0.05) is 24.4 Å². The van der Waals surface area contributed by atoms with Crippen molar-refractivity contribution in [3.63, 3.8) is 0 Å². The first-order chi connectivity index (χ1) is 8.70. The number of hydrogen-bond donors (Lipinski definition) is 2. The molecule has 1 aliphatic rings. The molecule has 0 saturated carbocycles. The highest BCUT2D eigenvalue weighted by molar-refractivity contribution is 7.99. The highest BCUT2D eigenvalue weighted by Gasteiger charge is 2.15. The molecule has 2 N–H and O–H groups in total. The van der Waals surface area contributed by atoms with E-state index >= 15 is 0 Å². The van der Waals surface area contributed by atoms with Crippen molar-refractivity contribution in [2.24, 2.45) is 0 Å². The van der Waals surface area contributed by atoms with E-state index in [9.17, 15) is 4.79 Å². The maximum absolute atomic E-state index is 11.6. The first-order valence-corrected chi connectivity index (χ1v) is 7.60. The molecule has 1 amide bonds. The van der Waals surface area contributed by atoms with Crippen LogP contribution in [0.25, 0.3) is 0 Å². The highest BCUT2D eigenvalue weighted by Crippen LogP contribution is 2.27. The summed E-state index contributed by atoms with van der Waals surface area (Å²) in [6.45, 7) is 0. The Labute approximate surface area is 117 Å². The zero-order chi connectivity index (χ0) is 13.0. The fourth-order valence-electron chi connectivity index (χ4n) is 2.00. The molecule has 1 aromatic carbocycles. The summed E-state index contributed by atoms with van der Waals surface area (Å²) in [5.74, 6) is 2.25. The second-order valence-electron chi connectivity index (χ2n) is 4.33. The number of anilines is 1. The van der Waals surface area contributed by atoms with Gasteiger partial charge in [-0.05, 0) is 36.8 Å². The molecule has 0 bridgehead atoms. The molecule has 0 radical (unpaired) electrons. The molecule has 1 heterocycles. The molecule has 5 heteroatoms. The Morgan fingerprint density at radius 3 is 3.00 bits per heavy atom. The summed E-state index contributed by atoms with van der Waals surface area (Å²) >= 11 is 8.12. The van der Waals surface area contributed by atoms with E-state index in [0.29, 0.717) is 16.6 Å². The molecule has 0 aliphatic carbocycles. The zero-order valence-corrected chi connectivity index (χ0v) is 11.9. The second-order valence-corrected chi connectivity index (χ2v) is 5.89. The lowest BCUT2D eigenvalue weighted by molar-refractivity contribution is 0.0963. The van der Waals surface area contributed by atoms with Crippen LogP contribution in [0, 0.1) is 0 Å². The number of hydrogen-bond acceptors (Lipinski definition) is 3. The Morgan fingerprint density at radius 1 is 1.50 bits per heavy atom. The quantitative estimate of drug-likeness (QED) is 0.896. The van der Waals surface area contributed by atoms with Gasteiger partial charge in [0.25, 0.3) is 5.91 Å². The van der Waals surface area contributed by atoms with Gasteiger partial charge in [0.1, 0.15) is 0 Å². The van der Waals surface area contributed by atoms with Crippen LogP contribution in [0.2, 0.25) is 5.02 Å². The summed E-state index contributed by atoms with van der Waals surface area (Å²) in [6, 6.07) is 5.77. The van der Waals surface area contributed by atoms with Crippen molar-refractivity contribution < 1.29 is 4.79 Å². The van der Waals surface area contributed by atoms with Crippen LogP contribution in [0.4, 0.5) is 5.69 Å². The van der Waals surface area contributed by atoms with Gasteiger partial charge in [0.05, 0.1) is 10.7 Å². The molecular formula is C13H17ClN2OS. The minimum absolute atomic E-state index is 0.0901. The zero-order valence-electron chi connectivity index (χ0n) is 10.3. The molecule has 0 spiro atoms. The standard InChI is InChI=1S/C13H17ClN2OS/c1-15-13(17)9-4-5-11(14)12(7-9)16-10-3-2-6-18-8-10/h4-5,7,10,16H,2-3,6,8H2,1H3,(H,15,17). The van der Waals surface area contributed by atoms with Crippen molar-refractivity contribution in [1.82, 2.24) is 5.32 Å². The maximum atomic E-state index is 11.6. The summed E-state index contributed by atoms with van der Waals surface area (Å²) in [7, 11) is 1.63. The molecule has 18 heavy (non-hydrogen) atoms. The number of nitrogens with one attached hydrogen (secondary N) is 2. The van der Waals surface area contributed by atoms with Crippen molar-refractivity contribution >= 4 is 35.0 Å². The predicted octanol–water partition coefficient (Wildman–Crippen LogP) is 3.01. The van der Waals surface area contributed by atoms with E-state index in [0.717, 1.165) is 17.9 Å². The normalized spacial score (nSPS) is 19.3. The highest BCUT2D eigenvalue weighted by atomic mass is 35.5. The second kappa shape index (κ2) is 6.34. The third kappa shape index (κ3) is 3.33. The van der Waals surface area contributed by atoms with E-state index in [2.05, 4.69) is 10.6 Å². The van der Waals surface area contributed by atoms with Gasteiger partial charge in [-0.3, -0.25) is 4.79 Å². The minimum Gasteiger partial charge on any atom is -0.380 e. The van der Waals surface area contributed by atoms with E-state index in [1.54, 1.807) is 19.2 Å². The number of rotatable bonds is 3. The Kier molecular flexibility index (Phi) is 4.78. The summed E-state index contributed by atoms with van der Waals surface area (Å²) < 4.78 is 0. The van der Waals surface area contributed by atoms with E-state index < -0.39 is 0 Å². The fraction of sp³-hybridized carbons (Fsp3) is 0.462. The molecule has 98 valence electrons. The number of thioether (sulfide) groups is 1. The van der Waals surface area contributed by atoms with Gasteiger partial charge < -0.3 is 10.6 Å². The lowest BCUT2D eigenvalue weighted by Gasteiger charge is -2.24. The van der Waals surface area contributed by atoms with Crippen molar-refractivity contribution in [1.29, 1.82) is 0 Å². The summed E-state index contributed by atoms with van der Waals surface area (Å²) in [4.78, 5) is 11.6. The minimum atomic E-state index is -0.0901. The van der Waals surface area contributed by atoms with Crippen LogP contribution >= 0.6 is 23.4 Å². The Hall–Kier alpha value is -0.870. The van der Waals surface area contributed by atoms with Crippen molar-refractivity contribution in [2.75, 3.05) is 23.9 Å². The molecule has 1 aromatic rings. The van der Waals surface area contributed by atoms with Crippen LogP contribution in [0.1, 0.15) is 23.2 Å². The maximum Gasteiger partial charge on any atom is 0.251 e. The predicted molar refractivity (Wildman–Crippen MR) is 78.8 cm³/mol. The van der Waals surface area contributed by atoms with E-state index in [-0.39, 0.29) is 5.91 Å². The van der Waals surface area contributed by atoms with Crippen LogP contribution < -0.4 is 10.6 Å². The Bertz CT molecular complexity index is 433. The molecular weight excluding hydrogens is 268 g/mol. The molecule has 0 aromatic heterocycles. The van der Waals surface area contributed by atoms with Gasteiger partial charge in [-0.1, -0.05) is 11.6 Å². The van der Waals surface area contributed by atoms with Gasteiger partial charge in [-0.25, -0.2) is 0 Å². The third-order valence-corrected chi connectivity index (χ3v) is 4.52. The van der Waals surface area contributed by atoms with Crippen molar-refractivity contribution in [3.8, 4) is 0 Å². The van der Waals surface area contributed by atoms with Crippen LogP contribution in [0.15, 0.2) is 18.2 Å². The van der Waals surface area contributed by atoms with Gasteiger partial charge in [0.2, 0.25) is 0 Å². The molecule has 1 saturated heterocycles. The van der Waals surface area contributed by atoms with Crippen LogP contribution in [-0.4, -0.2) is 30.5 Å². The Morgan fingerprint density at radius 2 is 2.33 bits per heavy atom. The first kappa shape index (κ1) is 13.6. The average molecular weight is 285 g/mol. The van der Waals surface area contributed by atoms with Crippen molar-refractivity contribution in [2.45, 2.75) is 18.9 Å². The topological polar surface area (TPSA) is 41.1 Å². The van der Waals surface area contributed by atoms with Crippen molar-refractivity contribution in [3.05, 3.63) is 28.8 Å². The van der Waals surface area contributed by atoms with Crippen LogP contribution in [-0.2, 0) is 0 Å². The van der Waals surface area contributed by atoms with Crippen LogP contribution in [0.5, 0.6) is 0 Å². The van der Waals surface area contributed by atoms with E-state index in [1.165, 1.54) is 12.2 Å². The first-order valence-electron chi connectivity index (χ1n) is 6.06. The lowest BCUT2D eigenvalue weighted by atomic mass is 10.1. The molecule has 1 fully saturated rings.